The van der Waals surface area contributed by atoms with Crippen LogP contribution in [0, 0.1) is 11.6 Å². The van der Waals surface area contributed by atoms with Crippen LogP contribution in [0.1, 0.15) is 5.56 Å². The molecule has 0 atom stereocenters. The second-order valence-corrected chi connectivity index (χ2v) is 4.26. The lowest BCUT2D eigenvalue weighted by Gasteiger charge is -2.04. The normalized spacial score (nSPS) is 10.9. The number of nitrogens with zero attached hydrogens (tertiary/aromatic N) is 4. The number of halogens is 2. The summed E-state index contributed by atoms with van der Waals surface area (Å²) in [5.74, 6) is -0.525. The number of benzene rings is 1. The molecule has 0 spiro atoms. The minimum atomic E-state index is -0.479. The Morgan fingerprint density at radius 3 is 2.80 bits per heavy atom. The molecule has 0 bridgehead atoms. The van der Waals surface area contributed by atoms with E-state index in [0.29, 0.717) is 16.6 Å². The van der Waals surface area contributed by atoms with Gasteiger partial charge >= 0.3 is 0 Å². The molecule has 20 heavy (non-hydrogen) atoms. The molecule has 0 aliphatic rings. The maximum atomic E-state index is 13.7. The topological polar surface area (TPSA) is 43.1 Å². The number of rotatable bonds is 3. The van der Waals surface area contributed by atoms with Gasteiger partial charge in [-0.1, -0.05) is 18.2 Å². The molecule has 0 N–H and O–H groups in total. The zero-order chi connectivity index (χ0) is 14.1. The van der Waals surface area contributed by atoms with Gasteiger partial charge in [-0.3, -0.25) is 0 Å². The fourth-order valence-corrected chi connectivity index (χ4v) is 2.03. The lowest BCUT2D eigenvalue weighted by Crippen LogP contribution is -2.04. The van der Waals surface area contributed by atoms with E-state index in [4.69, 9.17) is 0 Å². The van der Waals surface area contributed by atoms with E-state index in [1.54, 1.807) is 18.2 Å². The molecular weight excluding hydrogens is 262 g/mol. The molecule has 1 aromatic carbocycles. The van der Waals surface area contributed by atoms with Gasteiger partial charge in [0.25, 0.3) is 0 Å². The molecule has 0 aliphatic heterocycles. The van der Waals surface area contributed by atoms with Crippen LogP contribution in [0.4, 0.5) is 14.6 Å². The number of aliphatic imine (C=N–C) groups is 1. The quantitative estimate of drug-likeness (QED) is 0.688. The average Bonchev–Trinajstić information content (AvgIpc) is 2.78. The highest BCUT2D eigenvalue weighted by Gasteiger charge is 2.13. The van der Waals surface area contributed by atoms with Crippen LogP contribution < -0.4 is 0 Å². The Morgan fingerprint density at radius 2 is 2.05 bits per heavy atom. The Bertz CT molecular complexity index is 795. The zero-order valence-electron chi connectivity index (χ0n) is 10.4. The highest BCUT2D eigenvalue weighted by molar-refractivity contribution is 5.86. The molecule has 2 aromatic heterocycles. The van der Waals surface area contributed by atoms with Gasteiger partial charge in [-0.2, -0.15) is 5.10 Å². The Balaban J connectivity index is 2.13. The maximum Gasteiger partial charge on any atom is 0.182 e. The van der Waals surface area contributed by atoms with Crippen molar-refractivity contribution in [3.63, 3.8) is 0 Å². The van der Waals surface area contributed by atoms with Crippen molar-refractivity contribution >= 4 is 23.6 Å². The summed E-state index contributed by atoms with van der Waals surface area (Å²) in [4.78, 5) is 7.73. The summed E-state index contributed by atoms with van der Waals surface area (Å²) in [6.45, 7) is 3.59. The Kier molecular flexibility index (Phi) is 2.98. The van der Waals surface area contributed by atoms with Crippen molar-refractivity contribution in [3.05, 3.63) is 53.7 Å². The van der Waals surface area contributed by atoms with Crippen molar-refractivity contribution in [3.8, 4) is 0 Å². The molecule has 100 valence electrons. The molecule has 0 saturated heterocycles. The van der Waals surface area contributed by atoms with Crippen molar-refractivity contribution in [2.45, 2.75) is 6.54 Å². The van der Waals surface area contributed by atoms with E-state index in [1.165, 1.54) is 16.8 Å². The summed E-state index contributed by atoms with van der Waals surface area (Å²) in [5.41, 5.74) is 0.913. The molecule has 6 heteroatoms. The molecular formula is C14H10F2N4. The molecule has 0 fully saturated rings. The fourth-order valence-electron chi connectivity index (χ4n) is 2.03. The summed E-state index contributed by atoms with van der Waals surface area (Å²) in [7, 11) is 0. The van der Waals surface area contributed by atoms with Crippen LogP contribution >= 0.6 is 0 Å². The summed E-state index contributed by atoms with van der Waals surface area (Å²) < 4.78 is 28.4. The van der Waals surface area contributed by atoms with Crippen LogP contribution in [0.25, 0.3) is 11.0 Å². The molecule has 0 amide bonds. The second-order valence-electron chi connectivity index (χ2n) is 4.26. The largest absolute Gasteiger partial charge is 0.243 e. The lowest BCUT2D eigenvalue weighted by atomic mass is 10.2. The first-order valence-electron chi connectivity index (χ1n) is 5.91. The monoisotopic (exact) mass is 272 g/mol. The molecule has 0 unspecified atom stereocenters. The van der Waals surface area contributed by atoms with Crippen LogP contribution in [-0.4, -0.2) is 21.5 Å². The maximum absolute atomic E-state index is 13.7. The third kappa shape index (κ3) is 2.05. The Morgan fingerprint density at radius 1 is 1.25 bits per heavy atom. The van der Waals surface area contributed by atoms with Gasteiger partial charge in [0.15, 0.2) is 11.5 Å². The van der Waals surface area contributed by atoms with E-state index in [2.05, 4.69) is 21.8 Å². The van der Waals surface area contributed by atoms with Crippen LogP contribution in [0.15, 0.2) is 41.5 Å². The molecule has 0 saturated carbocycles. The Labute approximate surface area is 113 Å². The average molecular weight is 272 g/mol. The highest BCUT2D eigenvalue weighted by atomic mass is 19.1. The first-order chi connectivity index (χ1) is 9.69. The fraction of sp³-hybridized carbons (Fsp3) is 0.0714. The van der Waals surface area contributed by atoms with E-state index in [1.807, 2.05) is 0 Å². The SMILES string of the molecule is C=Nc1nn(Cc2ccccc2F)c2ncc(F)cc12. The van der Waals surface area contributed by atoms with Gasteiger partial charge in [-0.05, 0) is 18.9 Å². The third-order valence-electron chi connectivity index (χ3n) is 2.96. The highest BCUT2D eigenvalue weighted by Crippen LogP contribution is 2.24. The number of aromatic nitrogens is 3. The van der Waals surface area contributed by atoms with Crippen molar-refractivity contribution < 1.29 is 8.78 Å². The van der Waals surface area contributed by atoms with Crippen molar-refractivity contribution in [1.29, 1.82) is 0 Å². The standard InChI is InChI=1S/C14H10F2N4/c1-17-13-11-6-10(15)7-18-14(11)20(19-13)8-9-4-2-3-5-12(9)16/h2-7H,1,8H2. The van der Waals surface area contributed by atoms with Crippen LogP contribution in [-0.2, 0) is 6.54 Å². The molecule has 4 nitrogen and oxygen atoms in total. The number of pyridine rings is 1. The van der Waals surface area contributed by atoms with Crippen LogP contribution in [0.3, 0.4) is 0 Å². The van der Waals surface area contributed by atoms with Gasteiger partial charge in [-0.25, -0.2) is 23.4 Å². The van der Waals surface area contributed by atoms with E-state index >= 15 is 0 Å². The summed E-state index contributed by atoms with van der Waals surface area (Å²) in [5, 5.41) is 4.63. The number of hydrogen-bond acceptors (Lipinski definition) is 3. The first-order valence-corrected chi connectivity index (χ1v) is 5.91. The van der Waals surface area contributed by atoms with E-state index in [0.717, 1.165) is 6.20 Å². The lowest BCUT2D eigenvalue weighted by molar-refractivity contribution is 0.588. The molecule has 3 rings (SSSR count). The predicted octanol–water partition coefficient (Wildman–Crippen LogP) is 3.09. The van der Waals surface area contributed by atoms with Crippen LogP contribution in [0.5, 0.6) is 0 Å². The first kappa shape index (κ1) is 12.4. The molecule has 2 heterocycles. The van der Waals surface area contributed by atoms with E-state index < -0.39 is 5.82 Å². The zero-order valence-corrected chi connectivity index (χ0v) is 10.4. The van der Waals surface area contributed by atoms with Gasteiger partial charge < -0.3 is 0 Å². The number of hydrogen-bond donors (Lipinski definition) is 0. The third-order valence-corrected chi connectivity index (χ3v) is 2.96. The van der Waals surface area contributed by atoms with Crippen LogP contribution in [0.2, 0.25) is 0 Å². The summed E-state index contributed by atoms with van der Waals surface area (Å²) >= 11 is 0. The van der Waals surface area contributed by atoms with Gasteiger partial charge in [0, 0.05) is 5.56 Å². The van der Waals surface area contributed by atoms with E-state index in [-0.39, 0.29) is 18.2 Å². The minimum absolute atomic E-state index is 0.192. The van der Waals surface area contributed by atoms with Gasteiger partial charge in [0.05, 0.1) is 18.1 Å². The van der Waals surface area contributed by atoms with Gasteiger partial charge in [-0.15, -0.1) is 0 Å². The van der Waals surface area contributed by atoms with Gasteiger partial charge in [0.2, 0.25) is 0 Å². The van der Waals surface area contributed by atoms with E-state index in [9.17, 15) is 8.78 Å². The molecule has 0 radical (unpaired) electrons. The van der Waals surface area contributed by atoms with Crippen molar-refractivity contribution in [2.24, 2.45) is 4.99 Å². The predicted molar refractivity (Wildman–Crippen MR) is 72.2 cm³/mol. The Hall–Kier alpha value is -2.63. The van der Waals surface area contributed by atoms with Crippen molar-refractivity contribution in [1.82, 2.24) is 14.8 Å². The van der Waals surface area contributed by atoms with Crippen molar-refractivity contribution in [2.75, 3.05) is 0 Å². The number of fused-ring (bicyclic) bond motifs is 1. The second kappa shape index (κ2) is 4.80. The van der Waals surface area contributed by atoms with Gasteiger partial charge in [0.1, 0.15) is 11.6 Å². The summed E-state index contributed by atoms with van der Waals surface area (Å²) in [6.07, 6.45) is 1.09. The molecule has 3 aromatic rings. The smallest absolute Gasteiger partial charge is 0.182 e. The summed E-state index contributed by atoms with van der Waals surface area (Å²) in [6, 6.07) is 7.68. The molecule has 0 aliphatic carbocycles. The minimum Gasteiger partial charge on any atom is -0.243 e.